The SMILES string of the molecule is O=[C]CC1=Cc2ccccc2S1(=O)=O. The monoisotopic (exact) mass is 207 g/mol. The van der Waals surface area contributed by atoms with Crippen LogP contribution < -0.4 is 0 Å². The summed E-state index contributed by atoms with van der Waals surface area (Å²) in [6.45, 7) is 0. The highest BCUT2D eigenvalue weighted by Gasteiger charge is 2.28. The number of allylic oxidation sites excluding steroid dienone is 1. The van der Waals surface area contributed by atoms with Crippen LogP contribution in [0.2, 0.25) is 0 Å². The molecule has 0 unspecified atom stereocenters. The molecule has 1 aromatic rings. The van der Waals surface area contributed by atoms with E-state index in [0.717, 1.165) is 0 Å². The van der Waals surface area contributed by atoms with E-state index in [1.165, 1.54) is 6.08 Å². The lowest BCUT2D eigenvalue weighted by atomic mass is 10.2. The molecule has 1 heterocycles. The molecule has 0 aliphatic carbocycles. The lowest BCUT2D eigenvalue weighted by Gasteiger charge is -1.98. The van der Waals surface area contributed by atoms with E-state index >= 15 is 0 Å². The van der Waals surface area contributed by atoms with Crippen LogP contribution in [0.1, 0.15) is 12.0 Å². The van der Waals surface area contributed by atoms with Gasteiger partial charge >= 0.3 is 0 Å². The molecule has 0 aromatic heterocycles. The van der Waals surface area contributed by atoms with Crippen molar-refractivity contribution in [2.75, 3.05) is 0 Å². The van der Waals surface area contributed by atoms with Crippen LogP contribution in [0.15, 0.2) is 34.1 Å². The first-order valence-electron chi connectivity index (χ1n) is 4.06. The van der Waals surface area contributed by atoms with E-state index in [4.69, 9.17) is 0 Å². The third-order valence-electron chi connectivity index (χ3n) is 2.12. The van der Waals surface area contributed by atoms with Crippen LogP contribution in [0.5, 0.6) is 0 Å². The second-order valence-corrected chi connectivity index (χ2v) is 4.94. The van der Waals surface area contributed by atoms with Crippen molar-refractivity contribution < 1.29 is 13.2 Å². The number of hydrogen-bond acceptors (Lipinski definition) is 3. The molecule has 0 spiro atoms. The minimum Gasteiger partial charge on any atom is -0.290 e. The summed E-state index contributed by atoms with van der Waals surface area (Å²) in [7, 11) is -3.41. The predicted octanol–water partition coefficient (Wildman–Crippen LogP) is 1.31. The van der Waals surface area contributed by atoms with Crippen molar-refractivity contribution in [3.63, 3.8) is 0 Å². The number of carbonyl (C=O) groups excluding carboxylic acids is 1. The Balaban J connectivity index is 2.62. The third-order valence-corrected chi connectivity index (χ3v) is 4.02. The predicted molar refractivity (Wildman–Crippen MR) is 51.9 cm³/mol. The molecule has 4 heteroatoms. The zero-order valence-electron chi connectivity index (χ0n) is 7.23. The summed E-state index contributed by atoms with van der Waals surface area (Å²) in [5.41, 5.74) is 0.651. The summed E-state index contributed by atoms with van der Waals surface area (Å²) < 4.78 is 23.5. The molecule has 1 radical (unpaired) electrons. The van der Waals surface area contributed by atoms with Crippen LogP contribution in [0.4, 0.5) is 0 Å². The quantitative estimate of drug-likeness (QED) is 0.734. The van der Waals surface area contributed by atoms with Crippen molar-refractivity contribution >= 4 is 22.2 Å². The van der Waals surface area contributed by atoms with E-state index < -0.39 is 9.84 Å². The fourth-order valence-electron chi connectivity index (χ4n) is 1.45. The van der Waals surface area contributed by atoms with Crippen LogP contribution in [0.3, 0.4) is 0 Å². The lowest BCUT2D eigenvalue weighted by molar-refractivity contribution is 0.554. The number of sulfone groups is 1. The van der Waals surface area contributed by atoms with Gasteiger partial charge in [0.25, 0.3) is 0 Å². The fourth-order valence-corrected chi connectivity index (χ4v) is 2.96. The zero-order valence-corrected chi connectivity index (χ0v) is 8.04. The molecule has 0 atom stereocenters. The second kappa shape index (κ2) is 3.06. The van der Waals surface area contributed by atoms with E-state index in [1.807, 2.05) is 0 Å². The standard InChI is InChI=1S/C10H7O3S/c11-6-5-9-7-8-3-1-2-4-10(8)14(9,12)13/h1-4,7H,5H2. The van der Waals surface area contributed by atoms with Gasteiger partial charge in [-0.2, -0.15) is 0 Å². The zero-order chi connectivity index (χ0) is 10.2. The largest absolute Gasteiger partial charge is 0.290 e. The van der Waals surface area contributed by atoms with Crippen LogP contribution >= 0.6 is 0 Å². The summed E-state index contributed by atoms with van der Waals surface area (Å²) in [4.78, 5) is 10.6. The Morgan fingerprint density at radius 2 is 1.93 bits per heavy atom. The van der Waals surface area contributed by atoms with Crippen molar-refractivity contribution in [2.24, 2.45) is 0 Å². The molecule has 2 rings (SSSR count). The molecule has 0 saturated heterocycles. The van der Waals surface area contributed by atoms with Gasteiger partial charge in [-0.05, 0) is 17.7 Å². The molecule has 0 saturated carbocycles. The molecular formula is C10H7O3S. The van der Waals surface area contributed by atoms with E-state index in [9.17, 15) is 13.2 Å². The maximum atomic E-state index is 11.7. The van der Waals surface area contributed by atoms with E-state index in [2.05, 4.69) is 0 Å². The Morgan fingerprint density at radius 3 is 2.57 bits per heavy atom. The first-order valence-corrected chi connectivity index (χ1v) is 5.54. The van der Waals surface area contributed by atoms with Gasteiger partial charge < -0.3 is 0 Å². The summed E-state index contributed by atoms with van der Waals surface area (Å²) in [5, 5.41) is 0. The maximum absolute atomic E-state index is 11.7. The number of rotatable bonds is 2. The molecule has 0 N–H and O–H groups in total. The van der Waals surface area contributed by atoms with Gasteiger partial charge in [0.05, 0.1) is 16.2 Å². The van der Waals surface area contributed by atoms with E-state index in [1.54, 1.807) is 30.6 Å². The molecule has 1 aliphatic heterocycles. The third kappa shape index (κ3) is 1.19. The minimum absolute atomic E-state index is 0.133. The minimum atomic E-state index is -3.41. The van der Waals surface area contributed by atoms with Crippen molar-refractivity contribution in [2.45, 2.75) is 11.3 Å². The molecule has 0 amide bonds. The Morgan fingerprint density at radius 1 is 1.21 bits per heavy atom. The molecule has 3 nitrogen and oxygen atoms in total. The fraction of sp³-hybridized carbons (Fsp3) is 0.100. The van der Waals surface area contributed by atoms with Crippen LogP contribution in [0.25, 0.3) is 6.08 Å². The highest BCUT2D eigenvalue weighted by molar-refractivity contribution is 7.95. The van der Waals surface area contributed by atoms with Crippen molar-refractivity contribution in [1.82, 2.24) is 0 Å². The second-order valence-electron chi connectivity index (χ2n) is 2.97. The molecule has 14 heavy (non-hydrogen) atoms. The smallest absolute Gasteiger partial charge is 0.203 e. The topological polar surface area (TPSA) is 51.2 Å². The number of benzene rings is 1. The van der Waals surface area contributed by atoms with Gasteiger partial charge in [-0.3, -0.25) is 4.79 Å². The van der Waals surface area contributed by atoms with Gasteiger partial charge in [-0.15, -0.1) is 0 Å². The first kappa shape index (κ1) is 9.15. The van der Waals surface area contributed by atoms with Gasteiger partial charge in [-0.1, -0.05) is 18.2 Å². The molecule has 1 aromatic carbocycles. The average Bonchev–Trinajstić information content (AvgIpc) is 2.41. The summed E-state index contributed by atoms with van der Waals surface area (Å²) in [6, 6.07) is 6.68. The summed E-state index contributed by atoms with van der Waals surface area (Å²) in [5.74, 6) is 0. The van der Waals surface area contributed by atoms with Gasteiger partial charge in [-0.25, -0.2) is 8.42 Å². The Labute approximate surface area is 82.0 Å². The average molecular weight is 207 g/mol. The van der Waals surface area contributed by atoms with Crippen LogP contribution in [0, 0.1) is 0 Å². The Bertz CT molecular complexity index is 512. The number of fused-ring (bicyclic) bond motifs is 1. The summed E-state index contributed by atoms with van der Waals surface area (Å²) in [6.07, 6.45) is 2.96. The van der Waals surface area contributed by atoms with Gasteiger partial charge in [0.1, 0.15) is 0 Å². The molecule has 0 fully saturated rings. The number of hydrogen-bond donors (Lipinski definition) is 0. The van der Waals surface area contributed by atoms with Crippen molar-refractivity contribution in [3.05, 3.63) is 34.7 Å². The molecule has 71 valence electrons. The van der Waals surface area contributed by atoms with Gasteiger partial charge in [0.2, 0.25) is 16.1 Å². The van der Waals surface area contributed by atoms with Crippen molar-refractivity contribution in [1.29, 1.82) is 0 Å². The van der Waals surface area contributed by atoms with Crippen molar-refractivity contribution in [3.8, 4) is 0 Å². The normalized spacial score (nSPS) is 17.3. The molecular weight excluding hydrogens is 200 g/mol. The van der Waals surface area contributed by atoms with E-state index in [-0.39, 0.29) is 16.2 Å². The van der Waals surface area contributed by atoms with Crippen LogP contribution in [-0.4, -0.2) is 14.7 Å². The highest BCUT2D eigenvalue weighted by Crippen LogP contribution is 2.33. The first-order chi connectivity index (χ1) is 6.66. The summed E-state index contributed by atoms with van der Waals surface area (Å²) >= 11 is 0. The molecule has 0 bridgehead atoms. The van der Waals surface area contributed by atoms with Gasteiger partial charge in [0.15, 0.2) is 0 Å². The maximum Gasteiger partial charge on any atom is 0.203 e. The van der Waals surface area contributed by atoms with E-state index in [0.29, 0.717) is 5.56 Å². The Kier molecular flexibility index (Phi) is 2.00. The molecule has 1 aliphatic rings. The lowest BCUT2D eigenvalue weighted by Crippen LogP contribution is -2.00. The van der Waals surface area contributed by atoms with Crippen LogP contribution in [-0.2, 0) is 14.6 Å². The highest BCUT2D eigenvalue weighted by atomic mass is 32.2. The Hall–Kier alpha value is -1.42. The van der Waals surface area contributed by atoms with Gasteiger partial charge in [0, 0.05) is 0 Å².